The van der Waals surface area contributed by atoms with E-state index in [9.17, 15) is 0 Å². The molecule has 130 valence electrons. The van der Waals surface area contributed by atoms with Gasteiger partial charge in [-0.2, -0.15) is 5.10 Å². The van der Waals surface area contributed by atoms with E-state index in [0.29, 0.717) is 0 Å². The highest BCUT2D eigenvalue weighted by molar-refractivity contribution is 5.88. The maximum absolute atomic E-state index is 4.54. The van der Waals surface area contributed by atoms with E-state index in [1.807, 2.05) is 24.5 Å². The van der Waals surface area contributed by atoms with E-state index in [0.717, 1.165) is 47.7 Å². The minimum Gasteiger partial charge on any atom is -0.368 e. The van der Waals surface area contributed by atoms with Gasteiger partial charge in [-0.25, -0.2) is 0 Å². The van der Waals surface area contributed by atoms with Crippen LogP contribution >= 0.6 is 0 Å². The molecular weight excluding hydrogens is 310 g/mol. The Morgan fingerprint density at radius 1 is 1.00 bits per heavy atom. The number of pyridine rings is 1. The molecule has 0 aliphatic rings. The quantitative estimate of drug-likeness (QED) is 0.645. The lowest BCUT2D eigenvalue weighted by Crippen LogP contribution is -2.16. The smallest absolute Gasteiger partial charge is 0.156 e. The van der Waals surface area contributed by atoms with Crippen molar-refractivity contribution in [2.24, 2.45) is 0 Å². The Labute approximate surface area is 149 Å². The molecule has 0 radical (unpaired) electrons. The molecule has 0 atom stereocenters. The molecule has 0 aliphatic carbocycles. The van der Waals surface area contributed by atoms with Crippen LogP contribution in [-0.2, 0) is 0 Å². The monoisotopic (exact) mass is 335 g/mol. The predicted octanol–water partition coefficient (Wildman–Crippen LogP) is 3.81. The van der Waals surface area contributed by atoms with Gasteiger partial charge in [-0.1, -0.05) is 29.8 Å². The molecule has 0 saturated heterocycles. The topological polar surface area (TPSA) is 56.8 Å². The number of hydrogen-bond acceptors (Lipinski definition) is 4. The number of hydrogen-bond donors (Lipinski definition) is 2. The highest BCUT2D eigenvalue weighted by atomic mass is 15.2. The second-order valence-electron chi connectivity index (χ2n) is 6.51. The first-order chi connectivity index (χ1) is 12.1. The van der Waals surface area contributed by atoms with Crippen molar-refractivity contribution < 1.29 is 0 Å². The number of nitrogens with zero attached hydrogens (tertiary/aromatic N) is 3. The van der Waals surface area contributed by atoms with E-state index in [4.69, 9.17) is 0 Å². The van der Waals surface area contributed by atoms with Gasteiger partial charge in [0.25, 0.3) is 0 Å². The molecule has 0 bridgehead atoms. The molecule has 5 nitrogen and oxygen atoms in total. The number of H-pyrrole nitrogens is 1. The number of aromatic nitrogens is 3. The second-order valence-corrected chi connectivity index (χ2v) is 6.51. The molecule has 0 aliphatic heterocycles. The van der Waals surface area contributed by atoms with Crippen molar-refractivity contribution in [3.05, 3.63) is 54.4 Å². The lowest BCUT2D eigenvalue weighted by atomic mass is 10.0. The molecule has 0 fully saturated rings. The van der Waals surface area contributed by atoms with Crippen LogP contribution < -0.4 is 5.32 Å². The van der Waals surface area contributed by atoms with Crippen LogP contribution in [0.25, 0.3) is 22.4 Å². The van der Waals surface area contributed by atoms with Crippen molar-refractivity contribution in [3.8, 4) is 22.4 Å². The molecule has 2 heterocycles. The maximum Gasteiger partial charge on any atom is 0.156 e. The van der Waals surface area contributed by atoms with Gasteiger partial charge in [0.2, 0.25) is 0 Å². The highest BCUT2D eigenvalue weighted by Gasteiger charge is 2.16. The van der Waals surface area contributed by atoms with Crippen molar-refractivity contribution in [1.29, 1.82) is 0 Å². The molecule has 3 aromatic rings. The molecule has 2 aromatic heterocycles. The Bertz CT molecular complexity index is 791. The van der Waals surface area contributed by atoms with Crippen molar-refractivity contribution in [2.45, 2.75) is 13.3 Å². The summed E-state index contributed by atoms with van der Waals surface area (Å²) in [6.45, 7) is 4.03. The third-order valence-electron chi connectivity index (χ3n) is 4.15. The number of rotatable bonds is 7. The second kappa shape index (κ2) is 7.94. The molecule has 1 aromatic carbocycles. The predicted molar refractivity (Wildman–Crippen MR) is 104 cm³/mol. The zero-order valence-electron chi connectivity index (χ0n) is 15.1. The largest absolute Gasteiger partial charge is 0.368 e. The standard InChI is InChI=1S/C20H25N5/c1-15-5-7-17(8-6-15)19-18(16-9-12-21-13-10-16)20(24-23-19)22-11-4-14-25(2)3/h5-10,12-13H,4,11,14H2,1-3H3,(H2,22,23,24). The Balaban J connectivity index is 1.92. The van der Waals surface area contributed by atoms with E-state index in [1.165, 1.54) is 5.56 Å². The zero-order valence-corrected chi connectivity index (χ0v) is 15.1. The van der Waals surface area contributed by atoms with Crippen molar-refractivity contribution in [1.82, 2.24) is 20.1 Å². The number of anilines is 1. The third kappa shape index (κ3) is 4.25. The minimum atomic E-state index is 0.883. The van der Waals surface area contributed by atoms with Crippen LogP contribution in [0.5, 0.6) is 0 Å². The van der Waals surface area contributed by atoms with E-state index >= 15 is 0 Å². The fourth-order valence-electron chi connectivity index (χ4n) is 2.80. The summed E-state index contributed by atoms with van der Waals surface area (Å²) in [6, 6.07) is 12.5. The summed E-state index contributed by atoms with van der Waals surface area (Å²) in [7, 11) is 4.18. The molecule has 3 rings (SSSR count). The van der Waals surface area contributed by atoms with Crippen LogP contribution in [0.4, 0.5) is 5.82 Å². The molecule has 5 heteroatoms. The van der Waals surface area contributed by atoms with Crippen LogP contribution in [0.2, 0.25) is 0 Å². The van der Waals surface area contributed by atoms with E-state index in [2.05, 4.69) is 70.7 Å². The lowest BCUT2D eigenvalue weighted by Gasteiger charge is -2.11. The van der Waals surface area contributed by atoms with Crippen LogP contribution in [0.1, 0.15) is 12.0 Å². The van der Waals surface area contributed by atoms with Crippen molar-refractivity contribution in [3.63, 3.8) is 0 Å². The molecule has 25 heavy (non-hydrogen) atoms. The number of aryl methyl sites for hydroxylation is 1. The van der Waals surface area contributed by atoms with Gasteiger partial charge in [-0.05, 0) is 51.7 Å². The fourth-order valence-corrected chi connectivity index (χ4v) is 2.80. The summed E-state index contributed by atoms with van der Waals surface area (Å²) in [5.41, 5.74) is 5.61. The highest BCUT2D eigenvalue weighted by Crippen LogP contribution is 2.35. The van der Waals surface area contributed by atoms with Crippen molar-refractivity contribution >= 4 is 5.82 Å². The van der Waals surface area contributed by atoms with Gasteiger partial charge in [0, 0.05) is 24.5 Å². The maximum atomic E-state index is 4.54. The number of nitrogens with one attached hydrogen (secondary N) is 2. The van der Waals surface area contributed by atoms with E-state index in [1.54, 1.807) is 0 Å². The zero-order chi connectivity index (χ0) is 17.6. The van der Waals surface area contributed by atoms with Gasteiger partial charge in [0.05, 0.1) is 11.3 Å². The van der Waals surface area contributed by atoms with Crippen LogP contribution in [-0.4, -0.2) is 47.3 Å². The van der Waals surface area contributed by atoms with Gasteiger partial charge in [0.15, 0.2) is 5.82 Å². The summed E-state index contributed by atoms with van der Waals surface area (Å²) >= 11 is 0. The fraction of sp³-hybridized carbons (Fsp3) is 0.300. The van der Waals surface area contributed by atoms with E-state index < -0.39 is 0 Å². The molecule has 0 saturated carbocycles. The molecule has 2 N–H and O–H groups in total. The molecule has 0 unspecified atom stereocenters. The summed E-state index contributed by atoms with van der Waals surface area (Å²) in [5, 5.41) is 11.2. The first-order valence-electron chi connectivity index (χ1n) is 8.59. The minimum absolute atomic E-state index is 0.883. The Hall–Kier alpha value is -2.66. The first kappa shape index (κ1) is 17.2. The van der Waals surface area contributed by atoms with Crippen molar-refractivity contribution in [2.75, 3.05) is 32.5 Å². The lowest BCUT2D eigenvalue weighted by molar-refractivity contribution is 0.405. The van der Waals surface area contributed by atoms with Gasteiger partial charge in [0.1, 0.15) is 0 Å². The Morgan fingerprint density at radius 3 is 2.40 bits per heavy atom. The number of benzene rings is 1. The summed E-state index contributed by atoms with van der Waals surface area (Å²) < 4.78 is 0. The van der Waals surface area contributed by atoms with Gasteiger partial charge < -0.3 is 10.2 Å². The third-order valence-corrected chi connectivity index (χ3v) is 4.15. The van der Waals surface area contributed by atoms with Crippen LogP contribution in [0, 0.1) is 6.92 Å². The summed E-state index contributed by atoms with van der Waals surface area (Å²) in [5.74, 6) is 0.889. The number of aromatic amines is 1. The van der Waals surface area contributed by atoms with Gasteiger partial charge in [-0.15, -0.1) is 0 Å². The normalized spacial score (nSPS) is 11.0. The van der Waals surface area contributed by atoms with Gasteiger partial charge >= 0.3 is 0 Å². The van der Waals surface area contributed by atoms with Gasteiger partial charge in [-0.3, -0.25) is 10.1 Å². The summed E-state index contributed by atoms with van der Waals surface area (Å²) in [4.78, 5) is 6.33. The average Bonchev–Trinajstić information content (AvgIpc) is 3.04. The van der Waals surface area contributed by atoms with Crippen LogP contribution in [0.3, 0.4) is 0 Å². The SMILES string of the molecule is Cc1ccc(-c2[nH]nc(NCCCN(C)C)c2-c2ccncc2)cc1. The average molecular weight is 335 g/mol. The molecule has 0 spiro atoms. The van der Waals surface area contributed by atoms with Crippen LogP contribution in [0.15, 0.2) is 48.8 Å². The molecular formula is C20H25N5. The van der Waals surface area contributed by atoms with E-state index in [-0.39, 0.29) is 0 Å². The Morgan fingerprint density at radius 2 is 1.72 bits per heavy atom. The first-order valence-corrected chi connectivity index (χ1v) is 8.59. The Kier molecular flexibility index (Phi) is 5.46. The summed E-state index contributed by atoms with van der Waals surface area (Å²) in [6.07, 6.45) is 4.70. The molecule has 0 amide bonds.